The van der Waals surface area contributed by atoms with Crippen LogP contribution in [-0.4, -0.2) is 6.54 Å². The van der Waals surface area contributed by atoms with Gasteiger partial charge in [-0.25, -0.2) is 0 Å². The Hall–Kier alpha value is -1.08. The SMILES string of the molecule is CCCc1ccc(C(C)NCC2CC=CCC2)cc1. The van der Waals surface area contributed by atoms with Gasteiger partial charge in [-0.15, -0.1) is 0 Å². The second-order valence-corrected chi connectivity index (χ2v) is 5.77. The largest absolute Gasteiger partial charge is 0.310 e. The molecule has 1 nitrogen and oxygen atoms in total. The number of aryl methyl sites for hydroxylation is 1. The van der Waals surface area contributed by atoms with Crippen LogP contribution in [0.4, 0.5) is 0 Å². The van der Waals surface area contributed by atoms with E-state index < -0.39 is 0 Å². The maximum atomic E-state index is 3.69. The first kappa shape index (κ1) is 14.3. The fourth-order valence-corrected chi connectivity index (χ4v) is 2.76. The van der Waals surface area contributed by atoms with Gasteiger partial charge in [0.25, 0.3) is 0 Å². The van der Waals surface area contributed by atoms with Crippen LogP contribution in [-0.2, 0) is 6.42 Å². The molecule has 1 heteroatoms. The molecule has 19 heavy (non-hydrogen) atoms. The summed E-state index contributed by atoms with van der Waals surface area (Å²) >= 11 is 0. The van der Waals surface area contributed by atoms with Gasteiger partial charge in [-0.1, -0.05) is 49.8 Å². The zero-order chi connectivity index (χ0) is 13.5. The lowest BCUT2D eigenvalue weighted by molar-refractivity contribution is 0.415. The van der Waals surface area contributed by atoms with E-state index in [1.54, 1.807) is 0 Å². The van der Waals surface area contributed by atoms with E-state index in [1.807, 2.05) is 0 Å². The predicted molar refractivity (Wildman–Crippen MR) is 83.3 cm³/mol. The van der Waals surface area contributed by atoms with Gasteiger partial charge in [-0.05, 0) is 56.2 Å². The Morgan fingerprint density at radius 2 is 2.00 bits per heavy atom. The average molecular weight is 257 g/mol. The highest BCUT2D eigenvalue weighted by Crippen LogP contribution is 2.19. The highest BCUT2D eigenvalue weighted by atomic mass is 14.9. The minimum absolute atomic E-state index is 0.460. The zero-order valence-electron chi connectivity index (χ0n) is 12.4. The molecule has 2 unspecified atom stereocenters. The van der Waals surface area contributed by atoms with Crippen molar-refractivity contribution in [2.75, 3.05) is 6.54 Å². The lowest BCUT2D eigenvalue weighted by atomic mass is 9.94. The summed E-state index contributed by atoms with van der Waals surface area (Å²) in [6.07, 6.45) is 10.9. The first-order chi connectivity index (χ1) is 9.29. The summed E-state index contributed by atoms with van der Waals surface area (Å²) < 4.78 is 0. The second kappa shape index (κ2) is 7.49. The van der Waals surface area contributed by atoms with Crippen molar-refractivity contribution in [3.8, 4) is 0 Å². The Kier molecular flexibility index (Phi) is 5.65. The molecule has 1 aliphatic carbocycles. The molecule has 0 aromatic heterocycles. The normalized spacial score (nSPS) is 20.4. The van der Waals surface area contributed by atoms with Gasteiger partial charge in [-0.3, -0.25) is 0 Å². The molecule has 1 aromatic carbocycles. The Morgan fingerprint density at radius 3 is 2.63 bits per heavy atom. The van der Waals surface area contributed by atoms with Gasteiger partial charge >= 0.3 is 0 Å². The molecule has 104 valence electrons. The molecule has 0 heterocycles. The van der Waals surface area contributed by atoms with Gasteiger partial charge in [0, 0.05) is 6.04 Å². The van der Waals surface area contributed by atoms with Gasteiger partial charge in [0.2, 0.25) is 0 Å². The molecule has 1 N–H and O–H groups in total. The van der Waals surface area contributed by atoms with E-state index in [0.717, 1.165) is 12.5 Å². The Bertz CT molecular complexity index is 391. The molecule has 0 aliphatic heterocycles. The topological polar surface area (TPSA) is 12.0 Å². The number of hydrogen-bond donors (Lipinski definition) is 1. The van der Waals surface area contributed by atoms with Gasteiger partial charge in [0.1, 0.15) is 0 Å². The van der Waals surface area contributed by atoms with Crippen molar-refractivity contribution in [3.05, 3.63) is 47.5 Å². The standard InChI is InChI=1S/C18H27N/c1-3-7-16-10-12-18(13-11-16)15(2)19-14-17-8-5-4-6-9-17/h4-5,10-13,15,17,19H,3,6-9,14H2,1-2H3. The molecule has 0 amide bonds. The molecule has 0 fully saturated rings. The van der Waals surface area contributed by atoms with Gasteiger partial charge in [-0.2, -0.15) is 0 Å². The molecule has 0 saturated carbocycles. The third-order valence-electron chi connectivity index (χ3n) is 4.11. The van der Waals surface area contributed by atoms with E-state index in [9.17, 15) is 0 Å². The van der Waals surface area contributed by atoms with E-state index in [-0.39, 0.29) is 0 Å². The van der Waals surface area contributed by atoms with E-state index in [0.29, 0.717) is 6.04 Å². The Morgan fingerprint density at radius 1 is 1.21 bits per heavy atom. The van der Waals surface area contributed by atoms with Gasteiger partial charge in [0.05, 0.1) is 0 Å². The van der Waals surface area contributed by atoms with E-state index >= 15 is 0 Å². The monoisotopic (exact) mass is 257 g/mol. The first-order valence-corrected chi connectivity index (χ1v) is 7.76. The van der Waals surface area contributed by atoms with Crippen molar-refractivity contribution in [1.29, 1.82) is 0 Å². The van der Waals surface area contributed by atoms with Gasteiger partial charge in [0.15, 0.2) is 0 Å². The minimum atomic E-state index is 0.460. The molecular formula is C18H27N. The van der Waals surface area contributed by atoms with E-state index in [1.165, 1.54) is 43.2 Å². The van der Waals surface area contributed by atoms with Crippen LogP contribution >= 0.6 is 0 Å². The van der Waals surface area contributed by atoms with Crippen molar-refractivity contribution in [2.24, 2.45) is 5.92 Å². The van der Waals surface area contributed by atoms with E-state index in [4.69, 9.17) is 0 Å². The third kappa shape index (κ3) is 4.50. The molecule has 0 radical (unpaired) electrons. The third-order valence-corrected chi connectivity index (χ3v) is 4.11. The quantitative estimate of drug-likeness (QED) is 0.732. The van der Waals surface area contributed by atoms with Crippen LogP contribution < -0.4 is 5.32 Å². The van der Waals surface area contributed by atoms with Crippen molar-refractivity contribution >= 4 is 0 Å². The maximum absolute atomic E-state index is 3.69. The Balaban J connectivity index is 1.81. The number of hydrogen-bond acceptors (Lipinski definition) is 1. The lowest BCUT2D eigenvalue weighted by Crippen LogP contribution is -2.26. The summed E-state index contributed by atoms with van der Waals surface area (Å²) in [6, 6.07) is 9.58. The molecular weight excluding hydrogens is 230 g/mol. The zero-order valence-corrected chi connectivity index (χ0v) is 12.4. The summed E-state index contributed by atoms with van der Waals surface area (Å²) in [5.74, 6) is 0.826. The highest BCUT2D eigenvalue weighted by molar-refractivity contribution is 5.24. The molecule has 1 aliphatic rings. The fourth-order valence-electron chi connectivity index (χ4n) is 2.76. The van der Waals surface area contributed by atoms with Crippen LogP contribution in [0.25, 0.3) is 0 Å². The van der Waals surface area contributed by atoms with E-state index in [2.05, 4.69) is 55.6 Å². The smallest absolute Gasteiger partial charge is 0.0291 e. The molecule has 0 bridgehead atoms. The summed E-state index contributed by atoms with van der Waals surface area (Å²) in [4.78, 5) is 0. The van der Waals surface area contributed by atoms with Crippen molar-refractivity contribution in [1.82, 2.24) is 5.32 Å². The summed E-state index contributed by atoms with van der Waals surface area (Å²) in [7, 11) is 0. The molecule has 0 saturated heterocycles. The molecule has 1 aromatic rings. The lowest BCUT2D eigenvalue weighted by Gasteiger charge is -2.21. The predicted octanol–water partition coefficient (Wildman–Crippen LogP) is 4.65. The molecule has 2 rings (SSSR count). The fraction of sp³-hybridized carbons (Fsp3) is 0.556. The molecule has 2 atom stereocenters. The summed E-state index contributed by atoms with van der Waals surface area (Å²) in [5, 5.41) is 3.69. The maximum Gasteiger partial charge on any atom is 0.0291 e. The highest BCUT2D eigenvalue weighted by Gasteiger charge is 2.11. The van der Waals surface area contributed by atoms with Crippen LogP contribution in [0.1, 0.15) is 56.7 Å². The first-order valence-electron chi connectivity index (χ1n) is 7.76. The average Bonchev–Trinajstić information content (AvgIpc) is 2.47. The number of nitrogens with one attached hydrogen (secondary N) is 1. The summed E-state index contributed by atoms with van der Waals surface area (Å²) in [6.45, 7) is 5.65. The van der Waals surface area contributed by atoms with Crippen LogP contribution in [0.3, 0.4) is 0 Å². The van der Waals surface area contributed by atoms with Gasteiger partial charge < -0.3 is 5.32 Å². The van der Waals surface area contributed by atoms with Crippen LogP contribution in [0.5, 0.6) is 0 Å². The van der Waals surface area contributed by atoms with Crippen LogP contribution in [0, 0.1) is 5.92 Å². The second-order valence-electron chi connectivity index (χ2n) is 5.77. The van der Waals surface area contributed by atoms with Crippen LogP contribution in [0.2, 0.25) is 0 Å². The Labute approximate surface area is 118 Å². The number of benzene rings is 1. The number of rotatable bonds is 6. The summed E-state index contributed by atoms with van der Waals surface area (Å²) in [5.41, 5.74) is 2.86. The van der Waals surface area contributed by atoms with Crippen molar-refractivity contribution in [2.45, 2.75) is 52.0 Å². The van der Waals surface area contributed by atoms with Crippen molar-refractivity contribution < 1.29 is 0 Å². The van der Waals surface area contributed by atoms with Crippen LogP contribution in [0.15, 0.2) is 36.4 Å². The minimum Gasteiger partial charge on any atom is -0.310 e. The molecule has 0 spiro atoms. The number of allylic oxidation sites excluding steroid dienone is 2. The van der Waals surface area contributed by atoms with Crippen molar-refractivity contribution in [3.63, 3.8) is 0 Å².